The van der Waals surface area contributed by atoms with Crippen LogP contribution < -0.4 is 5.32 Å². The third-order valence-corrected chi connectivity index (χ3v) is 4.39. The zero-order valence-corrected chi connectivity index (χ0v) is 9.81. The molecule has 0 aromatic heterocycles. The van der Waals surface area contributed by atoms with Crippen molar-refractivity contribution in [2.75, 3.05) is 6.54 Å². The Bertz CT molecular complexity index is 176. The van der Waals surface area contributed by atoms with Crippen LogP contribution in [0.25, 0.3) is 0 Å². The zero-order chi connectivity index (χ0) is 10.0. The molecule has 0 saturated heterocycles. The van der Waals surface area contributed by atoms with Crippen LogP contribution in [0.3, 0.4) is 0 Å². The Labute approximate surface area is 88.7 Å². The Kier molecular flexibility index (Phi) is 3.16. The van der Waals surface area contributed by atoms with Gasteiger partial charge in [0.25, 0.3) is 0 Å². The summed E-state index contributed by atoms with van der Waals surface area (Å²) in [6, 6.07) is 0.837. The molecule has 0 amide bonds. The maximum atomic E-state index is 3.78. The minimum atomic E-state index is 0.656. The second-order valence-corrected chi connectivity index (χ2v) is 6.00. The van der Waals surface area contributed by atoms with Crippen LogP contribution in [-0.4, -0.2) is 12.6 Å². The average molecular weight is 195 g/mol. The molecular weight excluding hydrogens is 170 g/mol. The van der Waals surface area contributed by atoms with E-state index in [1.807, 2.05) is 0 Å². The van der Waals surface area contributed by atoms with Gasteiger partial charge in [0.1, 0.15) is 0 Å². The van der Waals surface area contributed by atoms with Crippen LogP contribution in [0.5, 0.6) is 0 Å². The Balaban J connectivity index is 1.65. The van der Waals surface area contributed by atoms with Gasteiger partial charge in [0.15, 0.2) is 0 Å². The van der Waals surface area contributed by atoms with Gasteiger partial charge in [0, 0.05) is 12.6 Å². The molecule has 2 aliphatic carbocycles. The molecule has 0 bridgehead atoms. The van der Waals surface area contributed by atoms with Crippen LogP contribution in [-0.2, 0) is 0 Å². The van der Waals surface area contributed by atoms with E-state index in [4.69, 9.17) is 0 Å². The summed E-state index contributed by atoms with van der Waals surface area (Å²) in [5.74, 6) is 0.979. The maximum absolute atomic E-state index is 3.78. The van der Waals surface area contributed by atoms with E-state index in [0.717, 1.165) is 12.0 Å². The number of rotatable bonds is 3. The van der Waals surface area contributed by atoms with Crippen LogP contribution >= 0.6 is 0 Å². The lowest BCUT2D eigenvalue weighted by Gasteiger charge is -2.40. The van der Waals surface area contributed by atoms with E-state index in [9.17, 15) is 0 Å². The molecule has 82 valence electrons. The summed E-state index contributed by atoms with van der Waals surface area (Å²) in [6.45, 7) is 6.10. The zero-order valence-electron chi connectivity index (χ0n) is 9.81. The SMILES string of the molecule is CC1CCC(NCC2(C)CCC2)CC1. The fraction of sp³-hybridized carbons (Fsp3) is 1.00. The third kappa shape index (κ3) is 2.50. The van der Waals surface area contributed by atoms with Gasteiger partial charge in [-0.25, -0.2) is 0 Å². The summed E-state index contributed by atoms with van der Waals surface area (Å²) in [4.78, 5) is 0. The molecule has 0 aromatic carbocycles. The first-order chi connectivity index (χ1) is 6.68. The first kappa shape index (κ1) is 10.5. The second kappa shape index (κ2) is 4.22. The number of nitrogens with one attached hydrogen (secondary N) is 1. The fourth-order valence-electron chi connectivity index (χ4n) is 2.81. The van der Waals surface area contributed by atoms with Gasteiger partial charge in [-0.15, -0.1) is 0 Å². The van der Waals surface area contributed by atoms with Crippen molar-refractivity contribution in [1.82, 2.24) is 5.32 Å². The van der Waals surface area contributed by atoms with Gasteiger partial charge >= 0.3 is 0 Å². The summed E-state index contributed by atoms with van der Waals surface area (Å²) in [7, 11) is 0. The molecule has 0 aliphatic heterocycles. The van der Waals surface area contributed by atoms with Crippen molar-refractivity contribution in [3.05, 3.63) is 0 Å². The molecule has 0 atom stereocenters. The largest absolute Gasteiger partial charge is 0.313 e. The fourth-order valence-corrected chi connectivity index (χ4v) is 2.81. The Morgan fingerprint density at radius 3 is 2.29 bits per heavy atom. The predicted molar refractivity (Wildman–Crippen MR) is 61.4 cm³/mol. The Hall–Kier alpha value is -0.0400. The standard InChI is InChI=1S/C13H25N/c1-11-4-6-12(7-5-11)14-10-13(2)8-3-9-13/h11-12,14H,3-10H2,1-2H3. The van der Waals surface area contributed by atoms with Crippen LogP contribution in [0, 0.1) is 11.3 Å². The molecule has 2 rings (SSSR count). The highest BCUT2D eigenvalue weighted by molar-refractivity contribution is 4.87. The van der Waals surface area contributed by atoms with E-state index >= 15 is 0 Å². The highest BCUT2D eigenvalue weighted by Gasteiger charge is 2.32. The van der Waals surface area contributed by atoms with Crippen LogP contribution in [0.1, 0.15) is 58.8 Å². The van der Waals surface area contributed by atoms with E-state index in [-0.39, 0.29) is 0 Å². The van der Waals surface area contributed by atoms with Gasteiger partial charge in [-0.3, -0.25) is 0 Å². The number of hydrogen-bond acceptors (Lipinski definition) is 1. The van der Waals surface area contributed by atoms with Gasteiger partial charge in [-0.05, 0) is 49.9 Å². The molecule has 1 heteroatoms. The lowest BCUT2D eigenvalue weighted by atomic mass is 9.70. The van der Waals surface area contributed by atoms with E-state index in [0.29, 0.717) is 5.41 Å². The predicted octanol–water partition coefficient (Wildman–Crippen LogP) is 3.34. The van der Waals surface area contributed by atoms with Crippen molar-refractivity contribution in [3.8, 4) is 0 Å². The third-order valence-electron chi connectivity index (χ3n) is 4.39. The van der Waals surface area contributed by atoms with E-state index in [2.05, 4.69) is 19.2 Å². The van der Waals surface area contributed by atoms with E-state index in [1.54, 1.807) is 0 Å². The lowest BCUT2D eigenvalue weighted by molar-refractivity contribution is 0.143. The number of hydrogen-bond donors (Lipinski definition) is 1. The van der Waals surface area contributed by atoms with Crippen molar-refractivity contribution < 1.29 is 0 Å². The van der Waals surface area contributed by atoms with E-state index < -0.39 is 0 Å². The Morgan fingerprint density at radius 2 is 1.79 bits per heavy atom. The van der Waals surface area contributed by atoms with Gasteiger partial charge in [-0.2, -0.15) is 0 Å². The molecule has 0 aromatic rings. The topological polar surface area (TPSA) is 12.0 Å². The Morgan fingerprint density at radius 1 is 1.14 bits per heavy atom. The van der Waals surface area contributed by atoms with Crippen molar-refractivity contribution >= 4 is 0 Å². The molecule has 0 unspecified atom stereocenters. The molecule has 2 fully saturated rings. The molecule has 2 saturated carbocycles. The smallest absolute Gasteiger partial charge is 0.00674 e. The van der Waals surface area contributed by atoms with Gasteiger partial charge in [0.05, 0.1) is 0 Å². The normalized spacial score (nSPS) is 36.4. The quantitative estimate of drug-likeness (QED) is 0.728. The van der Waals surface area contributed by atoms with Gasteiger partial charge in [0.2, 0.25) is 0 Å². The second-order valence-electron chi connectivity index (χ2n) is 6.00. The highest BCUT2D eigenvalue weighted by Crippen LogP contribution is 2.39. The van der Waals surface area contributed by atoms with Crippen molar-refractivity contribution in [2.24, 2.45) is 11.3 Å². The minimum Gasteiger partial charge on any atom is -0.313 e. The summed E-state index contributed by atoms with van der Waals surface area (Å²) in [5.41, 5.74) is 0.656. The van der Waals surface area contributed by atoms with Gasteiger partial charge < -0.3 is 5.32 Å². The first-order valence-corrected chi connectivity index (χ1v) is 6.41. The first-order valence-electron chi connectivity index (χ1n) is 6.41. The van der Waals surface area contributed by atoms with Crippen LogP contribution in [0.15, 0.2) is 0 Å². The van der Waals surface area contributed by atoms with Crippen molar-refractivity contribution in [2.45, 2.75) is 64.8 Å². The molecule has 14 heavy (non-hydrogen) atoms. The summed E-state index contributed by atoms with van der Waals surface area (Å²) < 4.78 is 0. The lowest BCUT2D eigenvalue weighted by Crippen LogP contribution is -2.43. The average Bonchev–Trinajstić information content (AvgIpc) is 2.14. The maximum Gasteiger partial charge on any atom is 0.00674 e. The summed E-state index contributed by atoms with van der Waals surface area (Å²) in [5, 5.41) is 3.78. The molecule has 0 spiro atoms. The van der Waals surface area contributed by atoms with Crippen LogP contribution in [0.4, 0.5) is 0 Å². The molecule has 1 N–H and O–H groups in total. The summed E-state index contributed by atoms with van der Waals surface area (Å²) >= 11 is 0. The van der Waals surface area contributed by atoms with Crippen LogP contribution in [0.2, 0.25) is 0 Å². The summed E-state index contributed by atoms with van der Waals surface area (Å²) in [6.07, 6.45) is 10.1. The molecule has 0 heterocycles. The molecule has 1 nitrogen and oxygen atoms in total. The minimum absolute atomic E-state index is 0.656. The van der Waals surface area contributed by atoms with Gasteiger partial charge in [-0.1, -0.05) is 20.3 Å². The molecular formula is C13H25N. The van der Waals surface area contributed by atoms with Crippen molar-refractivity contribution in [1.29, 1.82) is 0 Å². The van der Waals surface area contributed by atoms with E-state index in [1.165, 1.54) is 51.5 Å². The molecule has 2 aliphatic rings. The molecule has 0 radical (unpaired) electrons. The monoisotopic (exact) mass is 195 g/mol. The highest BCUT2D eigenvalue weighted by atomic mass is 14.9. The van der Waals surface area contributed by atoms with Crippen molar-refractivity contribution in [3.63, 3.8) is 0 Å².